The van der Waals surface area contributed by atoms with E-state index >= 15 is 0 Å². The van der Waals surface area contributed by atoms with Gasteiger partial charge in [-0.25, -0.2) is 9.78 Å². The van der Waals surface area contributed by atoms with Crippen LogP contribution in [0.25, 0.3) is 0 Å². The molecular weight excluding hydrogens is 378 g/mol. The zero-order valence-electron chi connectivity index (χ0n) is 13.6. The van der Waals surface area contributed by atoms with E-state index in [-0.39, 0.29) is 21.9 Å². The lowest BCUT2D eigenvalue weighted by Crippen LogP contribution is -2.26. The normalized spacial score (nSPS) is 15.6. The van der Waals surface area contributed by atoms with Gasteiger partial charge in [-0.3, -0.25) is 9.59 Å². The lowest BCUT2D eigenvalue weighted by atomic mass is 10.2. The molecule has 2 aromatic rings. The van der Waals surface area contributed by atoms with Crippen LogP contribution in [0.4, 0.5) is 11.4 Å². The molecule has 1 aliphatic rings. The number of hydrogen-bond donors (Lipinski definition) is 2. The first-order valence-corrected chi connectivity index (χ1v) is 8.89. The van der Waals surface area contributed by atoms with Crippen molar-refractivity contribution in [3.8, 4) is 0 Å². The van der Waals surface area contributed by atoms with E-state index in [0.29, 0.717) is 11.4 Å². The second kappa shape index (κ2) is 7.76. The Morgan fingerprint density at radius 1 is 1.38 bits per heavy atom. The van der Waals surface area contributed by atoms with Gasteiger partial charge in [0.15, 0.2) is 11.8 Å². The summed E-state index contributed by atoms with van der Waals surface area (Å²) < 4.78 is 5.01. The van der Waals surface area contributed by atoms with Gasteiger partial charge in [0.1, 0.15) is 0 Å². The first-order chi connectivity index (χ1) is 12.4. The van der Waals surface area contributed by atoms with Gasteiger partial charge in [0, 0.05) is 11.1 Å². The Bertz CT molecular complexity index is 890. The van der Waals surface area contributed by atoms with Crippen LogP contribution in [0.2, 0.25) is 5.15 Å². The zero-order chi connectivity index (χ0) is 18.7. The molecule has 0 spiro atoms. The molecule has 7 nitrogen and oxygen atoms in total. The predicted molar refractivity (Wildman–Crippen MR) is 98.5 cm³/mol. The van der Waals surface area contributed by atoms with Crippen molar-refractivity contribution in [1.82, 2.24) is 4.98 Å². The van der Waals surface area contributed by atoms with Gasteiger partial charge in [0.05, 0.1) is 22.2 Å². The minimum Gasteiger partial charge on any atom is -0.452 e. The van der Waals surface area contributed by atoms with Crippen LogP contribution in [0.15, 0.2) is 41.4 Å². The quantitative estimate of drug-likeness (QED) is 0.614. The van der Waals surface area contributed by atoms with Gasteiger partial charge >= 0.3 is 5.97 Å². The molecule has 9 heteroatoms. The third-order valence-corrected chi connectivity index (χ3v) is 4.99. The summed E-state index contributed by atoms with van der Waals surface area (Å²) in [5.41, 5.74) is 1.13. The molecule has 0 saturated carbocycles. The summed E-state index contributed by atoms with van der Waals surface area (Å²) in [6.07, 6.45) is 1.49. The summed E-state index contributed by atoms with van der Waals surface area (Å²) in [6, 6.07) is 8.06. The van der Waals surface area contributed by atoms with Crippen LogP contribution >= 0.6 is 23.4 Å². The Labute approximate surface area is 158 Å². The highest BCUT2D eigenvalue weighted by molar-refractivity contribution is 8.00. The molecule has 2 amide bonds. The fourth-order valence-electron chi connectivity index (χ4n) is 2.22. The molecule has 26 heavy (non-hydrogen) atoms. The largest absolute Gasteiger partial charge is 0.452 e. The number of rotatable bonds is 4. The number of aromatic nitrogens is 1. The first kappa shape index (κ1) is 18.2. The number of anilines is 2. The number of thioether (sulfide) groups is 1. The van der Waals surface area contributed by atoms with E-state index in [9.17, 15) is 14.4 Å². The maximum absolute atomic E-state index is 12.1. The van der Waals surface area contributed by atoms with Gasteiger partial charge in [-0.2, -0.15) is 0 Å². The molecule has 1 aromatic heterocycles. The molecule has 0 fully saturated rings. The highest BCUT2D eigenvalue weighted by Gasteiger charge is 2.24. The number of ether oxygens (including phenoxy) is 1. The van der Waals surface area contributed by atoms with E-state index in [1.165, 1.54) is 24.0 Å². The second-order valence-corrected chi connectivity index (χ2v) is 7.17. The van der Waals surface area contributed by atoms with Crippen molar-refractivity contribution < 1.29 is 19.1 Å². The van der Waals surface area contributed by atoms with Crippen molar-refractivity contribution >= 4 is 52.5 Å². The van der Waals surface area contributed by atoms with Crippen LogP contribution in [0.3, 0.4) is 0 Å². The van der Waals surface area contributed by atoms with Gasteiger partial charge in [0.2, 0.25) is 5.91 Å². The van der Waals surface area contributed by atoms with Crippen LogP contribution in [0.5, 0.6) is 0 Å². The fourth-order valence-corrected chi connectivity index (χ4v) is 3.31. The Morgan fingerprint density at radius 3 is 2.96 bits per heavy atom. The topological polar surface area (TPSA) is 97.4 Å². The Kier molecular flexibility index (Phi) is 5.43. The SMILES string of the molecule is CC1Sc2ccc(C(=O)OCC(=O)Nc3cccnc3Cl)cc2NC1=O. The number of nitrogens with zero attached hydrogens (tertiary/aromatic N) is 1. The first-order valence-electron chi connectivity index (χ1n) is 7.63. The molecule has 2 N–H and O–H groups in total. The van der Waals surface area contributed by atoms with Crippen molar-refractivity contribution in [2.24, 2.45) is 0 Å². The molecular formula is C17H14ClN3O4S. The molecule has 1 aliphatic heterocycles. The van der Waals surface area contributed by atoms with Crippen LogP contribution in [-0.2, 0) is 14.3 Å². The Balaban J connectivity index is 1.60. The molecule has 0 saturated heterocycles. The number of halogens is 1. The number of carbonyl (C=O) groups excluding carboxylic acids is 3. The van der Waals surface area contributed by atoms with Gasteiger partial charge in [0.25, 0.3) is 5.91 Å². The van der Waals surface area contributed by atoms with Gasteiger partial charge < -0.3 is 15.4 Å². The number of benzene rings is 1. The number of hydrogen-bond acceptors (Lipinski definition) is 6. The molecule has 3 rings (SSSR count). The van der Waals surface area contributed by atoms with Gasteiger partial charge in [-0.15, -0.1) is 11.8 Å². The summed E-state index contributed by atoms with van der Waals surface area (Å²) in [6.45, 7) is 1.33. The van der Waals surface area contributed by atoms with E-state index in [4.69, 9.17) is 16.3 Å². The summed E-state index contributed by atoms with van der Waals surface area (Å²) >= 11 is 7.26. The minimum absolute atomic E-state index is 0.124. The maximum Gasteiger partial charge on any atom is 0.338 e. The standard InChI is InChI=1S/C17H14ClN3O4S/c1-9-16(23)21-12-7-10(4-5-13(12)26-9)17(24)25-8-14(22)20-11-3-2-6-19-15(11)18/h2-7,9H,8H2,1H3,(H,20,22)(H,21,23). The van der Waals surface area contributed by atoms with Crippen LogP contribution < -0.4 is 10.6 Å². The minimum atomic E-state index is -0.668. The van der Waals surface area contributed by atoms with Crippen molar-refractivity contribution in [3.05, 3.63) is 47.2 Å². The summed E-state index contributed by atoms with van der Waals surface area (Å²) in [5, 5.41) is 5.20. The van der Waals surface area contributed by atoms with Crippen molar-refractivity contribution in [2.75, 3.05) is 17.2 Å². The lowest BCUT2D eigenvalue weighted by Gasteiger charge is -2.21. The fraction of sp³-hybridized carbons (Fsp3) is 0.176. The number of nitrogens with one attached hydrogen (secondary N) is 2. The van der Waals surface area contributed by atoms with Gasteiger partial charge in [-0.1, -0.05) is 11.6 Å². The number of fused-ring (bicyclic) bond motifs is 1. The molecule has 134 valence electrons. The molecule has 1 atom stereocenters. The summed E-state index contributed by atoms with van der Waals surface area (Å²) in [7, 11) is 0. The molecule has 1 aromatic carbocycles. The Hall–Kier alpha value is -2.58. The molecule has 2 heterocycles. The number of amides is 2. The summed E-state index contributed by atoms with van der Waals surface area (Å²) in [4.78, 5) is 40.5. The van der Waals surface area contributed by atoms with E-state index < -0.39 is 18.5 Å². The number of esters is 1. The average Bonchev–Trinajstić information content (AvgIpc) is 2.62. The molecule has 0 radical (unpaired) electrons. The maximum atomic E-state index is 12.1. The highest BCUT2D eigenvalue weighted by Crippen LogP contribution is 2.36. The number of carbonyl (C=O) groups is 3. The Morgan fingerprint density at radius 2 is 2.19 bits per heavy atom. The molecule has 1 unspecified atom stereocenters. The van der Waals surface area contributed by atoms with Crippen molar-refractivity contribution in [1.29, 1.82) is 0 Å². The van der Waals surface area contributed by atoms with E-state index in [0.717, 1.165) is 4.90 Å². The van der Waals surface area contributed by atoms with Crippen LogP contribution in [0, 0.1) is 0 Å². The third kappa shape index (κ3) is 4.14. The summed E-state index contributed by atoms with van der Waals surface area (Å²) in [5.74, 6) is -1.33. The number of pyridine rings is 1. The third-order valence-electron chi connectivity index (χ3n) is 3.51. The zero-order valence-corrected chi connectivity index (χ0v) is 15.2. The predicted octanol–water partition coefficient (Wildman–Crippen LogP) is 2.96. The van der Waals surface area contributed by atoms with E-state index in [1.54, 1.807) is 31.2 Å². The smallest absolute Gasteiger partial charge is 0.338 e. The van der Waals surface area contributed by atoms with Crippen molar-refractivity contribution in [2.45, 2.75) is 17.1 Å². The van der Waals surface area contributed by atoms with Crippen molar-refractivity contribution in [3.63, 3.8) is 0 Å². The lowest BCUT2D eigenvalue weighted by molar-refractivity contribution is -0.119. The molecule has 0 aliphatic carbocycles. The van der Waals surface area contributed by atoms with E-state index in [1.807, 2.05) is 0 Å². The van der Waals surface area contributed by atoms with Gasteiger partial charge in [-0.05, 0) is 37.3 Å². The molecule has 0 bridgehead atoms. The van der Waals surface area contributed by atoms with E-state index in [2.05, 4.69) is 15.6 Å². The van der Waals surface area contributed by atoms with Crippen LogP contribution in [-0.4, -0.2) is 34.6 Å². The highest BCUT2D eigenvalue weighted by atomic mass is 35.5. The second-order valence-electron chi connectivity index (χ2n) is 5.43. The monoisotopic (exact) mass is 391 g/mol. The van der Waals surface area contributed by atoms with Crippen LogP contribution in [0.1, 0.15) is 17.3 Å². The average molecular weight is 392 g/mol.